The van der Waals surface area contributed by atoms with Gasteiger partial charge in [-0.05, 0) is 26.3 Å². The molecule has 0 radical (unpaired) electrons. The van der Waals surface area contributed by atoms with Gasteiger partial charge >= 0.3 is 5.97 Å². The van der Waals surface area contributed by atoms with E-state index in [1.807, 2.05) is 24.6 Å². The Hall–Kier alpha value is -2.64. The molecule has 0 atom stereocenters. The van der Waals surface area contributed by atoms with E-state index in [1.165, 1.54) is 6.33 Å². The normalized spacial score (nSPS) is 10.6. The molecule has 0 aliphatic heterocycles. The van der Waals surface area contributed by atoms with Gasteiger partial charge in [0.1, 0.15) is 0 Å². The van der Waals surface area contributed by atoms with E-state index in [9.17, 15) is 9.59 Å². The third-order valence-electron chi connectivity index (χ3n) is 3.00. The number of amides is 1. The van der Waals surface area contributed by atoms with Gasteiger partial charge in [-0.25, -0.2) is 9.78 Å². The predicted octanol–water partition coefficient (Wildman–Crippen LogP) is 0.741. The molecule has 2 aromatic rings. The van der Waals surface area contributed by atoms with Gasteiger partial charge in [-0.2, -0.15) is 5.10 Å². The first-order chi connectivity index (χ1) is 9.99. The van der Waals surface area contributed by atoms with Gasteiger partial charge in [-0.3, -0.25) is 9.48 Å². The van der Waals surface area contributed by atoms with Gasteiger partial charge in [0.05, 0.1) is 12.0 Å². The number of nitrogens with zero attached hydrogens (tertiary/aromatic N) is 3. The lowest BCUT2D eigenvalue weighted by Gasteiger charge is -2.06. The monoisotopic (exact) mass is 291 g/mol. The fourth-order valence-corrected chi connectivity index (χ4v) is 2.05. The molecule has 21 heavy (non-hydrogen) atoms. The Kier molecular flexibility index (Phi) is 4.36. The Labute approximate surface area is 121 Å². The molecule has 0 saturated carbocycles. The molecule has 0 fully saturated rings. The van der Waals surface area contributed by atoms with Crippen LogP contribution in [0.15, 0.2) is 12.4 Å². The van der Waals surface area contributed by atoms with E-state index in [1.54, 1.807) is 0 Å². The molecule has 2 aromatic heterocycles. The van der Waals surface area contributed by atoms with Crippen molar-refractivity contribution in [1.82, 2.24) is 25.1 Å². The Balaban J connectivity index is 1.83. The Morgan fingerprint density at radius 1 is 1.43 bits per heavy atom. The molecule has 0 aliphatic carbocycles. The summed E-state index contributed by atoms with van der Waals surface area (Å²) in [5.41, 5.74) is 1.72. The number of hydrogen-bond acceptors (Lipinski definition) is 4. The van der Waals surface area contributed by atoms with E-state index < -0.39 is 11.9 Å². The summed E-state index contributed by atoms with van der Waals surface area (Å²) in [5.74, 6) is -1.71. The molecular formula is C13H17N5O3. The second-order valence-corrected chi connectivity index (χ2v) is 4.69. The Bertz CT molecular complexity index is 659. The van der Waals surface area contributed by atoms with Crippen molar-refractivity contribution in [2.75, 3.05) is 6.54 Å². The summed E-state index contributed by atoms with van der Waals surface area (Å²) in [4.78, 5) is 28.9. The number of aromatic nitrogens is 4. The lowest BCUT2D eigenvalue weighted by Crippen LogP contribution is -2.27. The molecule has 0 spiro atoms. The number of aryl methyl sites for hydroxylation is 3. The van der Waals surface area contributed by atoms with E-state index in [0.29, 0.717) is 19.5 Å². The van der Waals surface area contributed by atoms with Crippen molar-refractivity contribution in [2.45, 2.75) is 26.8 Å². The van der Waals surface area contributed by atoms with Gasteiger partial charge in [0.25, 0.3) is 5.91 Å². The number of nitrogens with one attached hydrogen (secondary N) is 2. The molecule has 0 saturated heterocycles. The van der Waals surface area contributed by atoms with E-state index in [-0.39, 0.29) is 11.4 Å². The molecule has 1 amide bonds. The van der Waals surface area contributed by atoms with Crippen molar-refractivity contribution < 1.29 is 14.7 Å². The van der Waals surface area contributed by atoms with Crippen LogP contribution >= 0.6 is 0 Å². The van der Waals surface area contributed by atoms with E-state index in [4.69, 9.17) is 5.11 Å². The molecule has 3 N–H and O–H groups in total. The molecule has 2 heterocycles. The van der Waals surface area contributed by atoms with Crippen LogP contribution in [0.1, 0.15) is 38.8 Å². The smallest absolute Gasteiger partial charge is 0.354 e. The van der Waals surface area contributed by atoms with Crippen molar-refractivity contribution in [3.63, 3.8) is 0 Å². The third-order valence-corrected chi connectivity index (χ3v) is 3.00. The third kappa shape index (κ3) is 3.47. The highest BCUT2D eigenvalue weighted by Crippen LogP contribution is 2.04. The van der Waals surface area contributed by atoms with Crippen molar-refractivity contribution in [2.24, 2.45) is 0 Å². The average molecular weight is 291 g/mol. The van der Waals surface area contributed by atoms with Crippen molar-refractivity contribution in [3.8, 4) is 0 Å². The van der Waals surface area contributed by atoms with Crippen LogP contribution in [-0.2, 0) is 6.54 Å². The Morgan fingerprint density at radius 3 is 2.81 bits per heavy atom. The minimum atomic E-state index is -1.21. The number of carboxylic acid groups (broad SMARTS) is 1. The number of H-pyrrole nitrogens is 1. The molecular weight excluding hydrogens is 274 g/mol. The zero-order valence-electron chi connectivity index (χ0n) is 11.9. The van der Waals surface area contributed by atoms with Crippen LogP contribution in [0.3, 0.4) is 0 Å². The number of imidazole rings is 1. The first kappa shape index (κ1) is 14.8. The van der Waals surface area contributed by atoms with Crippen LogP contribution < -0.4 is 5.32 Å². The van der Waals surface area contributed by atoms with Gasteiger partial charge in [0, 0.05) is 18.8 Å². The maximum atomic E-state index is 11.8. The molecule has 0 bridgehead atoms. The molecule has 8 heteroatoms. The minimum absolute atomic E-state index is 0.103. The topological polar surface area (TPSA) is 113 Å². The molecule has 0 aliphatic rings. The largest absolute Gasteiger partial charge is 0.477 e. The minimum Gasteiger partial charge on any atom is -0.477 e. The van der Waals surface area contributed by atoms with Crippen LogP contribution in [-0.4, -0.2) is 43.3 Å². The van der Waals surface area contributed by atoms with Gasteiger partial charge in [-0.15, -0.1) is 0 Å². The second kappa shape index (κ2) is 6.21. The number of carboxylic acids is 1. The maximum Gasteiger partial charge on any atom is 0.354 e. The number of rotatable bonds is 6. The highest BCUT2D eigenvalue weighted by atomic mass is 16.4. The van der Waals surface area contributed by atoms with E-state index >= 15 is 0 Å². The SMILES string of the molecule is Cc1cc(C)n(CCCNC(=O)c2nc[nH]c2C(=O)O)n1. The zero-order valence-corrected chi connectivity index (χ0v) is 11.9. The summed E-state index contributed by atoms with van der Waals surface area (Å²) >= 11 is 0. The quantitative estimate of drug-likeness (QED) is 0.679. The van der Waals surface area contributed by atoms with Crippen molar-refractivity contribution >= 4 is 11.9 Å². The van der Waals surface area contributed by atoms with Crippen LogP contribution in [0.5, 0.6) is 0 Å². The standard InChI is InChI=1S/C13H17N5O3/c1-8-6-9(2)18(17-8)5-3-4-14-12(19)10-11(13(20)21)16-7-15-10/h6-7H,3-5H2,1-2H3,(H,14,19)(H,15,16)(H,20,21). The number of carbonyl (C=O) groups is 2. The molecule has 0 unspecified atom stereocenters. The molecule has 0 aromatic carbocycles. The first-order valence-corrected chi connectivity index (χ1v) is 6.55. The van der Waals surface area contributed by atoms with Gasteiger partial charge in [-0.1, -0.05) is 0 Å². The predicted molar refractivity (Wildman–Crippen MR) is 74.2 cm³/mol. The molecule has 2 rings (SSSR count). The maximum absolute atomic E-state index is 11.8. The summed E-state index contributed by atoms with van der Waals surface area (Å²) in [6.07, 6.45) is 1.88. The fourth-order valence-electron chi connectivity index (χ4n) is 2.05. The highest BCUT2D eigenvalue weighted by Gasteiger charge is 2.18. The zero-order chi connectivity index (χ0) is 15.4. The van der Waals surface area contributed by atoms with Crippen LogP contribution in [0.2, 0.25) is 0 Å². The summed E-state index contributed by atoms with van der Waals surface area (Å²) in [6, 6.07) is 1.99. The van der Waals surface area contributed by atoms with E-state index in [2.05, 4.69) is 20.4 Å². The summed E-state index contributed by atoms with van der Waals surface area (Å²) in [5, 5.41) is 15.9. The van der Waals surface area contributed by atoms with Crippen molar-refractivity contribution in [1.29, 1.82) is 0 Å². The number of hydrogen-bond donors (Lipinski definition) is 3. The van der Waals surface area contributed by atoms with Gasteiger partial charge in [0.2, 0.25) is 0 Å². The summed E-state index contributed by atoms with van der Waals surface area (Å²) < 4.78 is 1.87. The summed E-state index contributed by atoms with van der Waals surface area (Å²) in [7, 11) is 0. The fraction of sp³-hybridized carbons (Fsp3) is 0.385. The highest BCUT2D eigenvalue weighted by molar-refractivity contribution is 6.02. The lowest BCUT2D eigenvalue weighted by atomic mass is 10.3. The lowest BCUT2D eigenvalue weighted by molar-refractivity contribution is 0.0685. The number of aromatic amines is 1. The van der Waals surface area contributed by atoms with Crippen LogP contribution in [0.4, 0.5) is 0 Å². The number of carbonyl (C=O) groups excluding carboxylic acids is 1. The molecule has 112 valence electrons. The van der Waals surface area contributed by atoms with Crippen LogP contribution in [0.25, 0.3) is 0 Å². The summed E-state index contributed by atoms with van der Waals surface area (Å²) in [6.45, 7) is 5.01. The van der Waals surface area contributed by atoms with Gasteiger partial charge in [0.15, 0.2) is 11.4 Å². The van der Waals surface area contributed by atoms with Crippen LogP contribution in [0, 0.1) is 13.8 Å². The van der Waals surface area contributed by atoms with Crippen molar-refractivity contribution in [3.05, 3.63) is 35.2 Å². The number of aromatic carboxylic acids is 1. The van der Waals surface area contributed by atoms with Gasteiger partial charge < -0.3 is 15.4 Å². The second-order valence-electron chi connectivity index (χ2n) is 4.69. The van der Waals surface area contributed by atoms with E-state index in [0.717, 1.165) is 11.4 Å². The first-order valence-electron chi connectivity index (χ1n) is 6.55. The Morgan fingerprint density at radius 2 is 2.19 bits per heavy atom. The molecule has 8 nitrogen and oxygen atoms in total. The average Bonchev–Trinajstić information content (AvgIpc) is 3.01.